The fraction of sp³-hybridized carbons (Fsp3) is 0.529. The van der Waals surface area contributed by atoms with Gasteiger partial charge in [0.25, 0.3) is 0 Å². The molecule has 2 atom stereocenters. The predicted octanol–water partition coefficient (Wildman–Crippen LogP) is 4.01. The molecule has 1 nitrogen and oxygen atoms in total. The molecule has 18 heavy (non-hydrogen) atoms. The van der Waals surface area contributed by atoms with Crippen molar-refractivity contribution in [2.45, 2.75) is 34.2 Å². The molecule has 1 aliphatic carbocycles. The lowest BCUT2D eigenvalue weighted by molar-refractivity contribution is 0.517. The topological polar surface area (TPSA) is 12.0 Å². The van der Waals surface area contributed by atoms with Gasteiger partial charge in [-0.3, -0.25) is 0 Å². The number of nitrogens with one attached hydrogen (secondary N) is 1. The van der Waals surface area contributed by atoms with Crippen molar-refractivity contribution in [3.05, 3.63) is 47.5 Å². The molecule has 1 aromatic rings. The standard InChI is InChI=1S/C17H25N/c1-13(2)10-15-16(17(15,3)4)12-18-11-14-8-6-5-7-9-14/h5-10,15-16,18H,11-12H2,1-4H3/t15-,16+/m0/s1. The second-order valence-corrected chi connectivity index (χ2v) is 6.31. The summed E-state index contributed by atoms with van der Waals surface area (Å²) in [6, 6.07) is 10.6. The van der Waals surface area contributed by atoms with E-state index >= 15 is 0 Å². The molecule has 0 unspecified atom stereocenters. The number of rotatable bonds is 5. The Labute approximate surface area is 111 Å². The fourth-order valence-corrected chi connectivity index (χ4v) is 2.83. The van der Waals surface area contributed by atoms with E-state index in [1.54, 1.807) is 0 Å². The van der Waals surface area contributed by atoms with E-state index in [1.165, 1.54) is 11.1 Å². The van der Waals surface area contributed by atoms with E-state index in [4.69, 9.17) is 0 Å². The zero-order valence-corrected chi connectivity index (χ0v) is 12.0. The van der Waals surface area contributed by atoms with Crippen LogP contribution in [0.2, 0.25) is 0 Å². The molecule has 0 aromatic heterocycles. The van der Waals surface area contributed by atoms with Crippen molar-refractivity contribution in [1.82, 2.24) is 5.32 Å². The fourth-order valence-electron chi connectivity index (χ4n) is 2.83. The van der Waals surface area contributed by atoms with E-state index in [0.29, 0.717) is 5.41 Å². The van der Waals surface area contributed by atoms with Gasteiger partial charge in [-0.2, -0.15) is 0 Å². The number of allylic oxidation sites excluding steroid dienone is 2. The highest BCUT2D eigenvalue weighted by atomic mass is 14.9. The normalized spacial score (nSPS) is 24.7. The van der Waals surface area contributed by atoms with E-state index in [2.05, 4.69) is 69.4 Å². The molecule has 0 amide bonds. The Hall–Kier alpha value is -1.08. The maximum absolute atomic E-state index is 3.59. The second-order valence-electron chi connectivity index (χ2n) is 6.31. The van der Waals surface area contributed by atoms with Gasteiger partial charge >= 0.3 is 0 Å². The predicted molar refractivity (Wildman–Crippen MR) is 78.3 cm³/mol. The minimum absolute atomic E-state index is 0.473. The molecule has 98 valence electrons. The van der Waals surface area contributed by atoms with Crippen molar-refractivity contribution >= 4 is 0 Å². The third-order valence-corrected chi connectivity index (χ3v) is 4.19. The highest BCUT2D eigenvalue weighted by Crippen LogP contribution is 2.58. The first-order valence-corrected chi connectivity index (χ1v) is 6.91. The van der Waals surface area contributed by atoms with E-state index in [-0.39, 0.29) is 0 Å². The minimum Gasteiger partial charge on any atom is -0.312 e. The van der Waals surface area contributed by atoms with Gasteiger partial charge in [-0.25, -0.2) is 0 Å². The van der Waals surface area contributed by atoms with Gasteiger partial charge in [-0.15, -0.1) is 0 Å². The van der Waals surface area contributed by atoms with Gasteiger partial charge < -0.3 is 5.32 Å². The average Bonchev–Trinajstić information content (AvgIpc) is 2.81. The molecular formula is C17H25N. The summed E-state index contributed by atoms with van der Waals surface area (Å²) in [4.78, 5) is 0. The average molecular weight is 243 g/mol. The lowest BCUT2D eigenvalue weighted by atomic mass is 10.1. The van der Waals surface area contributed by atoms with Crippen molar-refractivity contribution in [2.75, 3.05) is 6.54 Å². The van der Waals surface area contributed by atoms with E-state index in [0.717, 1.165) is 24.9 Å². The first kappa shape index (κ1) is 13.4. The van der Waals surface area contributed by atoms with Gasteiger partial charge in [0, 0.05) is 6.54 Å². The summed E-state index contributed by atoms with van der Waals surface area (Å²) < 4.78 is 0. The van der Waals surface area contributed by atoms with Gasteiger partial charge in [0.2, 0.25) is 0 Å². The Kier molecular flexibility index (Phi) is 3.91. The molecule has 0 bridgehead atoms. The highest BCUT2D eigenvalue weighted by Gasteiger charge is 2.55. The molecule has 1 saturated carbocycles. The maximum atomic E-state index is 3.59. The van der Waals surface area contributed by atoms with Crippen LogP contribution < -0.4 is 5.32 Å². The number of hydrogen-bond acceptors (Lipinski definition) is 1. The van der Waals surface area contributed by atoms with Crippen LogP contribution in [0.1, 0.15) is 33.3 Å². The van der Waals surface area contributed by atoms with Crippen molar-refractivity contribution in [2.24, 2.45) is 17.3 Å². The van der Waals surface area contributed by atoms with Crippen LogP contribution in [0.3, 0.4) is 0 Å². The van der Waals surface area contributed by atoms with E-state index in [1.807, 2.05) is 0 Å². The third-order valence-electron chi connectivity index (χ3n) is 4.19. The summed E-state index contributed by atoms with van der Waals surface area (Å²) in [5.74, 6) is 1.54. The summed E-state index contributed by atoms with van der Waals surface area (Å²) in [6.45, 7) is 11.3. The smallest absolute Gasteiger partial charge is 0.0205 e. The van der Waals surface area contributed by atoms with Crippen LogP contribution in [0.4, 0.5) is 0 Å². The van der Waals surface area contributed by atoms with Crippen LogP contribution in [-0.4, -0.2) is 6.54 Å². The zero-order valence-electron chi connectivity index (χ0n) is 12.0. The molecule has 1 aliphatic rings. The Bertz CT molecular complexity index is 412. The van der Waals surface area contributed by atoms with Gasteiger partial charge in [-0.1, -0.05) is 55.8 Å². The lowest BCUT2D eigenvalue weighted by Crippen LogP contribution is -2.18. The van der Waals surface area contributed by atoms with Crippen LogP contribution in [0.5, 0.6) is 0 Å². The molecule has 0 spiro atoms. The number of hydrogen-bond donors (Lipinski definition) is 1. The van der Waals surface area contributed by atoms with Gasteiger partial charge in [0.1, 0.15) is 0 Å². The quantitative estimate of drug-likeness (QED) is 0.770. The van der Waals surface area contributed by atoms with Crippen LogP contribution >= 0.6 is 0 Å². The molecule has 1 fully saturated rings. The van der Waals surface area contributed by atoms with Gasteiger partial charge in [0.05, 0.1) is 0 Å². The summed E-state index contributed by atoms with van der Waals surface area (Å²) in [5.41, 5.74) is 3.29. The summed E-state index contributed by atoms with van der Waals surface area (Å²) in [6.07, 6.45) is 2.44. The Morgan fingerprint density at radius 3 is 2.50 bits per heavy atom. The first-order valence-electron chi connectivity index (χ1n) is 6.91. The SMILES string of the molecule is CC(C)=C[C@H]1[C@@H](CNCc2ccccc2)C1(C)C. The van der Waals surface area contributed by atoms with Crippen LogP contribution in [0, 0.1) is 17.3 Å². The second kappa shape index (κ2) is 5.27. The zero-order chi connectivity index (χ0) is 13.2. The van der Waals surface area contributed by atoms with Gasteiger partial charge in [0.15, 0.2) is 0 Å². The van der Waals surface area contributed by atoms with E-state index < -0.39 is 0 Å². The Morgan fingerprint density at radius 2 is 1.89 bits per heavy atom. The molecule has 0 heterocycles. The molecule has 2 rings (SSSR count). The highest BCUT2D eigenvalue weighted by molar-refractivity contribution is 5.18. The Morgan fingerprint density at radius 1 is 1.22 bits per heavy atom. The number of benzene rings is 1. The first-order chi connectivity index (χ1) is 8.51. The third kappa shape index (κ3) is 3.02. The molecule has 0 aliphatic heterocycles. The largest absolute Gasteiger partial charge is 0.312 e. The minimum atomic E-state index is 0.473. The van der Waals surface area contributed by atoms with Crippen molar-refractivity contribution in [3.8, 4) is 0 Å². The van der Waals surface area contributed by atoms with Crippen LogP contribution in [-0.2, 0) is 6.54 Å². The van der Waals surface area contributed by atoms with Crippen molar-refractivity contribution in [3.63, 3.8) is 0 Å². The summed E-state index contributed by atoms with van der Waals surface area (Å²) >= 11 is 0. The van der Waals surface area contributed by atoms with Crippen LogP contribution in [0.15, 0.2) is 42.0 Å². The molecule has 1 N–H and O–H groups in total. The van der Waals surface area contributed by atoms with Crippen molar-refractivity contribution in [1.29, 1.82) is 0 Å². The maximum Gasteiger partial charge on any atom is 0.0205 e. The Balaban J connectivity index is 1.80. The summed E-state index contributed by atoms with van der Waals surface area (Å²) in [7, 11) is 0. The molecule has 0 radical (unpaired) electrons. The molecule has 0 saturated heterocycles. The van der Waals surface area contributed by atoms with Gasteiger partial charge in [-0.05, 0) is 43.2 Å². The lowest BCUT2D eigenvalue weighted by Gasteiger charge is -2.05. The monoisotopic (exact) mass is 243 g/mol. The molecule has 1 heteroatoms. The molecule has 1 aromatic carbocycles. The molecular weight excluding hydrogens is 218 g/mol. The van der Waals surface area contributed by atoms with Crippen molar-refractivity contribution < 1.29 is 0 Å². The van der Waals surface area contributed by atoms with E-state index in [9.17, 15) is 0 Å². The van der Waals surface area contributed by atoms with Crippen LogP contribution in [0.25, 0.3) is 0 Å². The summed E-state index contributed by atoms with van der Waals surface area (Å²) in [5, 5.41) is 3.59.